The first-order chi connectivity index (χ1) is 8.36. The Labute approximate surface area is 105 Å². The Kier molecular flexibility index (Phi) is 7.40. The molecule has 0 unspecified atom stereocenters. The van der Waals surface area contributed by atoms with E-state index in [4.69, 9.17) is 5.11 Å². The molecule has 0 aromatic heterocycles. The lowest BCUT2D eigenvalue weighted by atomic mass is 10.0. The summed E-state index contributed by atoms with van der Waals surface area (Å²) in [5.41, 5.74) is 2.65. The second-order valence-corrected chi connectivity index (χ2v) is 4.47. The minimum Gasteiger partial charge on any atom is -0.396 e. The van der Waals surface area contributed by atoms with Crippen LogP contribution < -0.4 is 0 Å². The Morgan fingerprint density at radius 3 is 2.47 bits per heavy atom. The second kappa shape index (κ2) is 9.00. The fraction of sp³-hybridized carbons (Fsp3) is 0.500. The van der Waals surface area contributed by atoms with Gasteiger partial charge in [0.2, 0.25) is 0 Å². The van der Waals surface area contributed by atoms with Gasteiger partial charge in [-0.2, -0.15) is 0 Å². The molecular formula is C16H24O. The number of hydrogen-bond acceptors (Lipinski definition) is 1. The first-order valence-corrected chi connectivity index (χ1v) is 6.73. The minimum absolute atomic E-state index is 0.228. The Bertz CT molecular complexity index is 311. The molecular weight excluding hydrogens is 208 g/mol. The summed E-state index contributed by atoms with van der Waals surface area (Å²) < 4.78 is 0. The summed E-state index contributed by atoms with van der Waals surface area (Å²) in [6.45, 7) is 2.47. The smallest absolute Gasteiger partial charge is 0.0465 e. The van der Waals surface area contributed by atoms with Crippen molar-refractivity contribution in [3.63, 3.8) is 0 Å². The average molecular weight is 232 g/mol. The molecule has 1 rings (SSSR count). The van der Waals surface area contributed by atoms with Crippen LogP contribution in [0.25, 0.3) is 6.08 Å². The van der Waals surface area contributed by atoms with Gasteiger partial charge in [0.25, 0.3) is 0 Å². The summed E-state index contributed by atoms with van der Waals surface area (Å²) in [6.07, 6.45) is 11.3. The van der Waals surface area contributed by atoms with Crippen LogP contribution in [0.3, 0.4) is 0 Å². The van der Waals surface area contributed by atoms with Crippen molar-refractivity contribution in [1.29, 1.82) is 0 Å². The lowest BCUT2D eigenvalue weighted by molar-refractivity contribution is 0.303. The van der Waals surface area contributed by atoms with Crippen molar-refractivity contribution in [2.45, 2.75) is 45.4 Å². The highest BCUT2D eigenvalue weighted by atomic mass is 16.2. The van der Waals surface area contributed by atoms with Gasteiger partial charge in [0.05, 0.1) is 0 Å². The van der Waals surface area contributed by atoms with Crippen LogP contribution >= 0.6 is 0 Å². The van der Waals surface area contributed by atoms with E-state index in [2.05, 4.69) is 37.3 Å². The second-order valence-electron chi connectivity index (χ2n) is 4.47. The third-order valence-corrected chi connectivity index (χ3v) is 2.90. The predicted octanol–water partition coefficient (Wildman–Crippen LogP) is 4.21. The van der Waals surface area contributed by atoms with Gasteiger partial charge in [-0.15, -0.1) is 0 Å². The van der Waals surface area contributed by atoms with Crippen LogP contribution in [0.5, 0.6) is 0 Å². The molecule has 1 aromatic carbocycles. The van der Waals surface area contributed by atoms with Crippen molar-refractivity contribution in [2.75, 3.05) is 6.61 Å². The molecule has 0 amide bonds. The van der Waals surface area contributed by atoms with Crippen molar-refractivity contribution < 1.29 is 5.11 Å². The monoisotopic (exact) mass is 232 g/mol. The zero-order valence-corrected chi connectivity index (χ0v) is 10.9. The van der Waals surface area contributed by atoms with Gasteiger partial charge < -0.3 is 5.11 Å². The zero-order chi connectivity index (χ0) is 12.3. The van der Waals surface area contributed by atoms with E-state index in [1.165, 1.54) is 43.2 Å². The summed E-state index contributed by atoms with van der Waals surface area (Å²) in [6, 6.07) is 8.74. The number of aryl methyl sites for hydroxylation is 1. The van der Waals surface area contributed by atoms with E-state index in [1.54, 1.807) is 0 Å². The molecule has 94 valence electrons. The van der Waals surface area contributed by atoms with Gasteiger partial charge in [-0.3, -0.25) is 0 Å². The van der Waals surface area contributed by atoms with Crippen molar-refractivity contribution >= 4 is 6.08 Å². The van der Waals surface area contributed by atoms with E-state index < -0.39 is 0 Å². The Morgan fingerprint density at radius 1 is 1.06 bits per heavy atom. The van der Waals surface area contributed by atoms with Gasteiger partial charge in [-0.1, -0.05) is 62.6 Å². The summed E-state index contributed by atoms with van der Waals surface area (Å²) in [4.78, 5) is 0. The number of benzene rings is 1. The van der Waals surface area contributed by atoms with Crippen molar-refractivity contribution in [3.05, 3.63) is 41.5 Å². The lowest BCUT2D eigenvalue weighted by Crippen LogP contribution is -1.86. The van der Waals surface area contributed by atoms with Crippen LogP contribution in [0, 0.1) is 0 Å². The highest BCUT2D eigenvalue weighted by Crippen LogP contribution is 2.10. The molecule has 0 aliphatic carbocycles. The van der Waals surface area contributed by atoms with Crippen LogP contribution in [-0.2, 0) is 6.42 Å². The number of hydrogen-bond donors (Lipinski definition) is 1. The van der Waals surface area contributed by atoms with Crippen LogP contribution in [-0.4, -0.2) is 11.7 Å². The number of rotatable bonds is 8. The molecule has 0 heterocycles. The molecule has 0 fully saturated rings. The fourth-order valence-corrected chi connectivity index (χ4v) is 1.85. The molecule has 0 saturated heterocycles. The SMILES string of the molecule is CCCCCCc1ccc(C=CCCO)cc1. The van der Waals surface area contributed by atoms with Gasteiger partial charge in [-0.25, -0.2) is 0 Å². The third-order valence-electron chi connectivity index (χ3n) is 2.90. The molecule has 0 spiro atoms. The summed E-state index contributed by atoms with van der Waals surface area (Å²) in [5, 5.41) is 8.68. The van der Waals surface area contributed by atoms with E-state index in [1.807, 2.05) is 6.08 Å². The average Bonchev–Trinajstić information content (AvgIpc) is 2.37. The lowest BCUT2D eigenvalue weighted by Gasteiger charge is -2.01. The minimum atomic E-state index is 0.228. The van der Waals surface area contributed by atoms with E-state index in [9.17, 15) is 0 Å². The Hall–Kier alpha value is -1.08. The highest BCUT2D eigenvalue weighted by Gasteiger charge is 1.93. The number of aliphatic hydroxyl groups excluding tert-OH is 1. The maximum atomic E-state index is 8.68. The molecule has 1 nitrogen and oxygen atoms in total. The molecule has 0 aliphatic rings. The zero-order valence-electron chi connectivity index (χ0n) is 10.9. The van der Waals surface area contributed by atoms with E-state index in [-0.39, 0.29) is 6.61 Å². The van der Waals surface area contributed by atoms with Crippen LogP contribution in [0.2, 0.25) is 0 Å². The Morgan fingerprint density at radius 2 is 1.82 bits per heavy atom. The maximum absolute atomic E-state index is 8.68. The van der Waals surface area contributed by atoms with Crippen molar-refractivity contribution in [1.82, 2.24) is 0 Å². The van der Waals surface area contributed by atoms with E-state index >= 15 is 0 Å². The largest absolute Gasteiger partial charge is 0.396 e. The van der Waals surface area contributed by atoms with Crippen LogP contribution in [0.15, 0.2) is 30.3 Å². The molecule has 1 aromatic rings. The number of aliphatic hydroxyl groups is 1. The van der Waals surface area contributed by atoms with Crippen molar-refractivity contribution in [3.8, 4) is 0 Å². The third kappa shape index (κ3) is 6.28. The molecule has 0 saturated carbocycles. The topological polar surface area (TPSA) is 20.2 Å². The normalized spacial score (nSPS) is 11.2. The predicted molar refractivity (Wildman–Crippen MR) is 75.0 cm³/mol. The van der Waals surface area contributed by atoms with E-state index in [0.717, 1.165) is 6.42 Å². The molecule has 0 atom stereocenters. The molecule has 0 radical (unpaired) electrons. The highest BCUT2D eigenvalue weighted by molar-refractivity contribution is 5.49. The number of unbranched alkanes of at least 4 members (excludes halogenated alkanes) is 3. The fourth-order valence-electron chi connectivity index (χ4n) is 1.85. The molecule has 0 aliphatic heterocycles. The van der Waals surface area contributed by atoms with E-state index in [0.29, 0.717) is 0 Å². The van der Waals surface area contributed by atoms with Gasteiger partial charge in [-0.05, 0) is 30.4 Å². The maximum Gasteiger partial charge on any atom is 0.0465 e. The first kappa shape index (κ1) is 14.0. The first-order valence-electron chi connectivity index (χ1n) is 6.73. The van der Waals surface area contributed by atoms with Gasteiger partial charge in [0.15, 0.2) is 0 Å². The van der Waals surface area contributed by atoms with Crippen molar-refractivity contribution in [2.24, 2.45) is 0 Å². The summed E-state index contributed by atoms with van der Waals surface area (Å²) >= 11 is 0. The molecule has 1 N–H and O–H groups in total. The molecule has 17 heavy (non-hydrogen) atoms. The van der Waals surface area contributed by atoms with Gasteiger partial charge in [0.1, 0.15) is 0 Å². The van der Waals surface area contributed by atoms with Crippen LogP contribution in [0.1, 0.15) is 50.2 Å². The van der Waals surface area contributed by atoms with Gasteiger partial charge >= 0.3 is 0 Å². The molecule has 0 bridgehead atoms. The summed E-state index contributed by atoms with van der Waals surface area (Å²) in [7, 11) is 0. The summed E-state index contributed by atoms with van der Waals surface area (Å²) in [5.74, 6) is 0. The molecule has 1 heteroatoms. The Balaban J connectivity index is 2.34. The van der Waals surface area contributed by atoms with Crippen LogP contribution in [0.4, 0.5) is 0 Å². The standard InChI is InChI=1S/C16H24O/c1-2-3-4-5-8-15-10-12-16(13-11-15)9-6-7-14-17/h6,9-13,17H,2-5,7-8,14H2,1H3. The quantitative estimate of drug-likeness (QED) is 0.666. The van der Waals surface area contributed by atoms with Gasteiger partial charge in [0, 0.05) is 6.61 Å².